The van der Waals surface area contributed by atoms with Crippen LogP contribution < -0.4 is 14.8 Å². The van der Waals surface area contributed by atoms with Crippen LogP contribution in [-0.4, -0.2) is 45.2 Å². The Morgan fingerprint density at radius 3 is 2.24 bits per heavy atom. The summed E-state index contributed by atoms with van der Waals surface area (Å²) >= 11 is 0. The zero-order chi connectivity index (χ0) is 18.2. The van der Waals surface area contributed by atoms with Gasteiger partial charge in [0.15, 0.2) is 6.61 Å². The lowest BCUT2D eigenvalue weighted by Gasteiger charge is -2.25. The molecule has 0 bridgehead atoms. The van der Waals surface area contributed by atoms with Gasteiger partial charge < -0.3 is 19.7 Å². The van der Waals surface area contributed by atoms with Crippen LogP contribution >= 0.6 is 0 Å². The number of likely N-dealkylation sites (N-methyl/N-ethyl adjacent to an activating group) is 1. The first kappa shape index (κ1) is 18.7. The molecular formula is C19H23FN2O3. The van der Waals surface area contributed by atoms with Gasteiger partial charge in [-0.05, 0) is 56.1 Å². The molecule has 2 aromatic rings. The first-order valence-corrected chi connectivity index (χ1v) is 7.95. The van der Waals surface area contributed by atoms with E-state index < -0.39 is 0 Å². The number of carbonyl (C=O) groups excluding carboxylic acids is 1. The fraction of sp³-hybridized carbons (Fsp3) is 0.316. The molecule has 25 heavy (non-hydrogen) atoms. The first-order chi connectivity index (χ1) is 12.0. The van der Waals surface area contributed by atoms with Crippen molar-refractivity contribution >= 4 is 5.91 Å². The predicted octanol–water partition coefficient (Wildman–Crippen LogP) is 2.63. The largest absolute Gasteiger partial charge is 0.497 e. The maximum Gasteiger partial charge on any atom is 0.258 e. The van der Waals surface area contributed by atoms with E-state index in [9.17, 15) is 9.18 Å². The highest BCUT2D eigenvalue weighted by atomic mass is 19.1. The lowest BCUT2D eigenvalue weighted by atomic mass is 10.1. The minimum Gasteiger partial charge on any atom is -0.497 e. The Labute approximate surface area is 147 Å². The van der Waals surface area contributed by atoms with Crippen LogP contribution in [0, 0.1) is 5.82 Å². The van der Waals surface area contributed by atoms with E-state index >= 15 is 0 Å². The zero-order valence-corrected chi connectivity index (χ0v) is 14.7. The van der Waals surface area contributed by atoms with E-state index in [-0.39, 0.29) is 24.4 Å². The van der Waals surface area contributed by atoms with Crippen molar-refractivity contribution in [3.63, 3.8) is 0 Å². The van der Waals surface area contributed by atoms with Gasteiger partial charge in [-0.15, -0.1) is 0 Å². The number of nitrogens with one attached hydrogen (secondary N) is 1. The summed E-state index contributed by atoms with van der Waals surface area (Å²) in [7, 11) is 5.53. The summed E-state index contributed by atoms with van der Waals surface area (Å²) in [6.45, 7) is 0.333. The standard InChI is InChI=1S/C19H23FN2O3/c1-22(2)18(14-4-8-16(24-3)9-5-14)12-21-19(23)13-25-17-10-6-15(20)7-11-17/h4-11,18H,12-13H2,1-3H3,(H,21,23). The summed E-state index contributed by atoms with van der Waals surface area (Å²) < 4.78 is 23.3. The highest BCUT2D eigenvalue weighted by Crippen LogP contribution is 2.20. The number of benzene rings is 2. The van der Waals surface area contributed by atoms with Crippen molar-refractivity contribution in [2.45, 2.75) is 6.04 Å². The molecule has 1 atom stereocenters. The third kappa shape index (κ3) is 5.76. The van der Waals surface area contributed by atoms with E-state index in [2.05, 4.69) is 5.32 Å². The molecule has 1 N–H and O–H groups in total. The lowest BCUT2D eigenvalue weighted by molar-refractivity contribution is -0.123. The Balaban J connectivity index is 1.87. The topological polar surface area (TPSA) is 50.8 Å². The van der Waals surface area contributed by atoms with Gasteiger partial charge >= 0.3 is 0 Å². The molecule has 0 heterocycles. The number of methoxy groups -OCH3 is 1. The van der Waals surface area contributed by atoms with Gasteiger partial charge in [-0.3, -0.25) is 4.79 Å². The van der Waals surface area contributed by atoms with Crippen molar-refractivity contribution in [2.24, 2.45) is 0 Å². The Kier molecular flexibility index (Phi) is 6.77. The van der Waals surface area contributed by atoms with Crippen LogP contribution in [0.25, 0.3) is 0 Å². The molecule has 2 rings (SSSR count). The normalized spacial score (nSPS) is 11.9. The van der Waals surface area contributed by atoms with Gasteiger partial charge in [0.2, 0.25) is 0 Å². The first-order valence-electron chi connectivity index (χ1n) is 7.95. The molecule has 0 aliphatic heterocycles. The molecule has 6 heteroatoms. The second-order valence-corrected chi connectivity index (χ2v) is 5.80. The van der Waals surface area contributed by atoms with Crippen LogP contribution in [-0.2, 0) is 4.79 Å². The third-order valence-corrected chi connectivity index (χ3v) is 3.80. The van der Waals surface area contributed by atoms with Crippen molar-refractivity contribution in [3.8, 4) is 11.5 Å². The average molecular weight is 346 g/mol. The van der Waals surface area contributed by atoms with Gasteiger partial charge in [0, 0.05) is 6.54 Å². The number of carbonyl (C=O) groups is 1. The number of nitrogens with zero attached hydrogens (tertiary/aromatic N) is 1. The SMILES string of the molecule is COc1ccc(C(CNC(=O)COc2ccc(F)cc2)N(C)C)cc1. The Morgan fingerprint density at radius 2 is 1.68 bits per heavy atom. The van der Waals surface area contributed by atoms with Crippen LogP contribution in [0.2, 0.25) is 0 Å². The van der Waals surface area contributed by atoms with E-state index in [4.69, 9.17) is 9.47 Å². The van der Waals surface area contributed by atoms with E-state index in [0.717, 1.165) is 11.3 Å². The van der Waals surface area contributed by atoms with Crippen LogP contribution in [0.4, 0.5) is 4.39 Å². The molecule has 0 saturated carbocycles. The Morgan fingerprint density at radius 1 is 1.08 bits per heavy atom. The molecule has 0 fully saturated rings. The molecule has 0 spiro atoms. The van der Waals surface area contributed by atoms with E-state index in [0.29, 0.717) is 12.3 Å². The van der Waals surface area contributed by atoms with Gasteiger partial charge in [-0.25, -0.2) is 4.39 Å². The second-order valence-electron chi connectivity index (χ2n) is 5.80. The molecule has 0 radical (unpaired) electrons. The van der Waals surface area contributed by atoms with Crippen molar-refractivity contribution < 1.29 is 18.7 Å². The molecular weight excluding hydrogens is 323 g/mol. The molecule has 0 aliphatic rings. The van der Waals surface area contributed by atoms with E-state index in [1.165, 1.54) is 24.3 Å². The Hall–Kier alpha value is -2.60. The van der Waals surface area contributed by atoms with Crippen molar-refractivity contribution in [3.05, 3.63) is 59.9 Å². The summed E-state index contributed by atoms with van der Waals surface area (Å²) in [4.78, 5) is 14.0. The molecule has 1 amide bonds. The number of ether oxygens (including phenoxy) is 2. The summed E-state index contributed by atoms with van der Waals surface area (Å²) in [6, 6.07) is 13.3. The van der Waals surface area contributed by atoms with Crippen LogP contribution in [0.5, 0.6) is 11.5 Å². The maximum atomic E-state index is 12.8. The molecule has 2 aromatic carbocycles. The fourth-order valence-corrected chi connectivity index (χ4v) is 2.37. The maximum absolute atomic E-state index is 12.8. The highest BCUT2D eigenvalue weighted by Gasteiger charge is 2.15. The minimum absolute atomic E-state index is 0.0284. The summed E-state index contributed by atoms with van der Waals surface area (Å²) in [5.74, 6) is 0.670. The summed E-state index contributed by atoms with van der Waals surface area (Å²) in [6.07, 6.45) is 0. The van der Waals surface area contributed by atoms with Crippen LogP contribution in [0.1, 0.15) is 11.6 Å². The number of rotatable bonds is 8. The smallest absolute Gasteiger partial charge is 0.258 e. The van der Waals surface area contributed by atoms with Gasteiger partial charge in [0.25, 0.3) is 5.91 Å². The van der Waals surface area contributed by atoms with Gasteiger partial charge in [0.1, 0.15) is 17.3 Å². The average Bonchev–Trinajstić information content (AvgIpc) is 2.61. The zero-order valence-electron chi connectivity index (χ0n) is 14.7. The number of hydrogen-bond donors (Lipinski definition) is 1. The van der Waals surface area contributed by atoms with Crippen LogP contribution in [0.3, 0.4) is 0 Å². The lowest BCUT2D eigenvalue weighted by Crippen LogP contribution is -2.36. The monoisotopic (exact) mass is 346 g/mol. The van der Waals surface area contributed by atoms with E-state index in [1.54, 1.807) is 7.11 Å². The summed E-state index contributed by atoms with van der Waals surface area (Å²) in [5.41, 5.74) is 1.07. The summed E-state index contributed by atoms with van der Waals surface area (Å²) in [5, 5.41) is 2.86. The van der Waals surface area contributed by atoms with Crippen molar-refractivity contribution in [1.82, 2.24) is 10.2 Å². The quantitative estimate of drug-likeness (QED) is 0.798. The molecule has 0 saturated heterocycles. The van der Waals surface area contributed by atoms with Gasteiger partial charge in [0.05, 0.1) is 13.2 Å². The molecule has 0 aliphatic carbocycles. The molecule has 5 nitrogen and oxygen atoms in total. The number of hydrogen-bond acceptors (Lipinski definition) is 4. The van der Waals surface area contributed by atoms with Crippen LogP contribution in [0.15, 0.2) is 48.5 Å². The Bertz CT molecular complexity index is 672. The van der Waals surface area contributed by atoms with Crippen molar-refractivity contribution in [2.75, 3.05) is 34.4 Å². The van der Waals surface area contributed by atoms with E-state index in [1.807, 2.05) is 43.3 Å². The molecule has 1 unspecified atom stereocenters. The number of halogens is 1. The van der Waals surface area contributed by atoms with Gasteiger partial charge in [-0.2, -0.15) is 0 Å². The third-order valence-electron chi connectivity index (χ3n) is 3.80. The molecule has 134 valence electrons. The highest BCUT2D eigenvalue weighted by molar-refractivity contribution is 5.77. The number of amides is 1. The van der Waals surface area contributed by atoms with Crippen molar-refractivity contribution in [1.29, 1.82) is 0 Å². The molecule has 0 aromatic heterocycles. The van der Waals surface area contributed by atoms with Gasteiger partial charge in [-0.1, -0.05) is 12.1 Å². The minimum atomic E-state index is -0.342. The second kappa shape index (κ2) is 9.03. The fourth-order valence-electron chi connectivity index (χ4n) is 2.37. The predicted molar refractivity (Wildman–Crippen MR) is 94.3 cm³/mol.